The van der Waals surface area contributed by atoms with Crippen LogP contribution in [0.2, 0.25) is 0 Å². The number of ether oxygens (including phenoxy) is 4. The van der Waals surface area contributed by atoms with Crippen LogP contribution in [0, 0.1) is 21.7 Å². The van der Waals surface area contributed by atoms with Gasteiger partial charge in [-0.3, -0.25) is 19.2 Å². The Kier molecular flexibility index (Phi) is 9.49. The van der Waals surface area contributed by atoms with Gasteiger partial charge in [0.25, 0.3) is 0 Å². The molecule has 0 spiro atoms. The molecule has 226 valence electrons. The maximum atomic E-state index is 14.2. The van der Waals surface area contributed by atoms with Gasteiger partial charge in [-0.15, -0.1) is 0 Å². The minimum atomic E-state index is -1.44. The average Bonchev–Trinajstić information content (AvgIpc) is 2.94. The number of hydrogen-bond donors (Lipinski definition) is 2. The number of carbonyl (C=O) groups is 4. The molecule has 2 saturated carbocycles. The van der Waals surface area contributed by atoms with E-state index in [1.807, 2.05) is 6.92 Å². The predicted molar refractivity (Wildman–Crippen MR) is 142 cm³/mol. The molecule has 4 fully saturated rings. The summed E-state index contributed by atoms with van der Waals surface area (Å²) in [5.74, 6) is -3.11. The first-order chi connectivity index (χ1) is 19.0. The first-order valence-corrected chi connectivity index (χ1v) is 15.1. The summed E-state index contributed by atoms with van der Waals surface area (Å²) in [4.78, 5) is 53.1. The zero-order valence-electron chi connectivity index (χ0n) is 24.0. The maximum Gasteiger partial charge on any atom is 0.314 e. The topological polar surface area (TPSA) is 146 Å². The van der Waals surface area contributed by atoms with Crippen LogP contribution >= 0.6 is 0 Å². The molecule has 0 aromatic rings. The summed E-state index contributed by atoms with van der Waals surface area (Å²) >= 11 is 0. The SMILES string of the molecule is CCC1(C(=O)OC2CCCCO2)CCCC(CC2(C(=O)O)CCCC(C)(C(=O)O)C2)(C(=O)OC2CCCCO2)C1. The fourth-order valence-corrected chi connectivity index (χ4v) is 7.68. The van der Waals surface area contributed by atoms with Gasteiger partial charge in [0.1, 0.15) is 0 Å². The lowest BCUT2D eigenvalue weighted by Crippen LogP contribution is -2.53. The van der Waals surface area contributed by atoms with Gasteiger partial charge in [-0.2, -0.15) is 0 Å². The molecule has 2 N–H and O–H groups in total. The van der Waals surface area contributed by atoms with Crippen molar-refractivity contribution in [3.63, 3.8) is 0 Å². The van der Waals surface area contributed by atoms with Crippen LogP contribution in [0.3, 0.4) is 0 Å². The van der Waals surface area contributed by atoms with Gasteiger partial charge in [-0.1, -0.05) is 19.8 Å². The van der Waals surface area contributed by atoms with Crippen molar-refractivity contribution >= 4 is 23.9 Å². The summed E-state index contributed by atoms with van der Waals surface area (Å²) < 4.78 is 23.1. The van der Waals surface area contributed by atoms with Gasteiger partial charge in [0.2, 0.25) is 12.6 Å². The summed E-state index contributed by atoms with van der Waals surface area (Å²) in [6.07, 6.45) is 6.17. The van der Waals surface area contributed by atoms with E-state index in [1.54, 1.807) is 6.92 Å². The largest absolute Gasteiger partial charge is 0.481 e. The van der Waals surface area contributed by atoms with Crippen LogP contribution in [-0.4, -0.2) is 59.9 Å². The molecule has 4 rings (SSSR count). The Labute approximate surface area is 236 Å². The third kappa shape index (κ3) is 6.32. The Bertz CT molecular complexity index is 954. The number of aliphatic carboxylic acids is 2. The first kappa shape index (κ1) is 30.8. The van der Waals surface area contributed by atoms with Gasteiger partial charge < -0.3 is 29.2 Å². The monoisotopic (exact) mass is 566 g/mol. The lowest BCUT2D eigenvalue weighted by molar-refractivity contribution is -0.212. The van der Waals surface area contributed by atoms with Crippen molar-refractivity contribution in [1.82, 2.24) is 0 Å². The van der Waals surface area contributed by atoms with Crippen LogP contribution in [0.25, 0.3) is 0 Å². The second-order valence-corrected chi connectivity index (χ2v) is 13.0. The fraction of sp³-hybridized carbons (Fsp3) is 0.867. The van der Waals surface area contributed by atoms with Gasteiger partial charge >= 0.3 is 23.9 Å². The molecule has 0 aromatic carbocycles. The van der Waals surface area contributed by atoms with Gasteiger partial charge in [-0.25, -0.2) is 0 Å². The number of carbonyl (C=O) groups excluding carboxylic acids is 2. The highest BCUT2D eigenvalue weighted by Gasteiger charge is 2.60. The quantitative estimate of drug-likeness (QED) is 0.357. The molecule has 4 aliphatic rings. The normalized spacial score (nSPS) is 38.6. The Balaban J connectivity index is 1.68. The Morgan fingerprint density at radius 1 is 0.700 bits per heavy atom. The third-order valence-corrected chi connectivity index (χ3v) is 10.0. The Morgan fingerprint density at radius 3 is 1.73 bits per heavy atom. The van der Waals surface area contributed by atoms with Crippen LogP contribution in [0.15, 0.2) is 0 Å². The van der Waals surface area contributed by atoms with Crippen LogP contribution in [0.4, 0.5) is 0 Å². The van der Waals surface area contributed by atoms with E-state index < -0.39 is 58.1 Å². The zero-order chi connectivity index (χ0) is 29.0. The molecule has 6 unspecified atom stereocenters. The molecule has 2 heterocycles. The standard InChI is InChI=1S/C30H46O10/c1-3-28(25(35)39-21-10-4-6-16-37-21)13-9-15-30(19-28,26(36)40-22-11-5-7-17-38-22)20-29(24(33)34)14-8-12-27(2,18-29)23(31)32/h21-22H,3-20H2,1-2H3,(H,31,32)(H,33,34). The summed E-state index contributed by atoms with van der Waals surface area (Å²) in [5.41, 5.74) is -4.96. The van der Waals surface area contributed by atoms with E-state index in [2.05, 4.69) is 0 Å². The van der Waals surface area contributed by atoms with Crippen molar-refractivity contribution < 1.29 is 48.3 Å². The van der Waals surface area contributed by atoms with Gasteiger partial charge in [0, 0.05) is 12.8 Å². The second-order valence-electron chi connectivity index (χ2n) is 13.0. The maximum absolute atomic E-state index is 14.2. The van der Waals surface area contributed by atoms with Gasteiger partial charge in [0.15, 0.2) is 0 Å². The molecule has 0 aromatic heterocycles. The molecule has 0 amide bonds. The number of carboxylic acid groups (broad SMARTS) is 2. The highest BCUT2D eigenvalue weighted by atomic mass is 16.7. The van der Waals surface area contributed by atoms with Crippen molar-refractivity contribution in [2.75, 3.05) is 13.2 Å². The zero-order valence-corrected chi connectivity index (χ0v) is 24.0. The van der Waals surface area contributed by atoms with E-state index in [9.17, 15) is 29.4 Å². The van der Waals surface area contributed by atoms with Crippen LogP contribution in [0.5, 0.6) is 0 Å². The first-order valence-electron chi connectivity index (χ1n) is 15.1. The van der Waals surface area contributed by atoms with E-state index in [1.165, 1.54) is 0 Å². The van der Waals surface area contributed by atoms with Crippen LogP contribution in [-0.2, 0) is 38.1 Å². The van der Waals surface area contributed by atoms with Crippen LogP contribution < -0.4 is 0 Å². The minimum absolute atomic E-state index is 0.0842. The van der Waals surface area contributed by atoms with E-state index >= 15 is 0 Å². The summed E-state index contributed by atoms with van der Waals surface area (Å²) in [6, 6.07) is 0. The summed E-state index contributed by atoms with van der Waals surface area (Å²) in [6.45, 7) is 4.49. The van der Waals surface area contributed by atoms with E-state index in [0.29, 0.717) is 64.6 Å². The Hall–Kier alpha value is -2.20. The van der Waals surface area contributed by atoms with Gasteiger partial charge in [0.05, 0.1) is 34.9 Å². The third-order valence-electron chi connectivity index (χ3n) is 10.0. The molecule has 2 aliphatic carbocycles. The Morgan fingerprint density at radius 2 is 1.23 bits per heavy atom. The predicted octanol–water partition coefficient (Wildman–Crippen LogP) is 5.21. The summed E-state index contributed by atoms with van der Waals surface area (Å²) in [5, 5.41) is 20.6. The van der Waals surface area contributed by atoms with Crippen LogP contribution in [0.1, 0.15) is 117 Å². The van der Waals surface area contributed by atoms with Crippen molar-refractivity contribution in [3.8, 4) is 0 Å². The highest BCUT2D eigenvalue weighted by molar-refractivity contribution is 5.84. The lowest BCUT2D eigenvalue weighted by atomic mass is 9.52. The lowest BCUT2D eigenvalue weighted by Gasteiger charge is -2.50. The number of carboxylic acids is 2. The molecule has 0 radical (unpaired) electrons. The molecule has 2 aliphatic heterocycles. The molecule has 6 atom stereocenters. The molecular formula is C30H46O10. The van der Waals surface area contributed by atoms with Crippen molar-refractivity contribution in [2.45, 2.75) is 129 Å². The van der Waals surface area contributed by atoms with Gasteiger partial charge in [-0.05, 0) is 84.0 Å². The number of rotatable bonds is 9. The molecule has 0 bridgehead atoms. The highest BCUT2D eigenvalue weighted by Crippen LogP contribution is 2.59. The van der Waals surface area contributed by atoms with E-state index in [0.717, 1.165) is 25.7 Å². The minimum Gasteiger partial charge on any atom is -0.481 e. The molecule has 40 heavy (non-hydrogen) atoms. The van der Waals surface area contributed by atoms with E-state index in [4.69, 9.17) is 18.9 Å². The molecular weight excluding hydrogens is 520 g/mol. The smallest absolute Gasteiger partial charge is 0.314 e. The number of hydrogen-bond acceptors (Lipinski definition) is 8. The number of esters is 2. The van der Waals surface area contributed by atoms with E-state index in [-0.39, 0.29) is 25.7 Å². The summed E-state index contributed by atoms with van der Waals surface area (Å²) in [7, 11) is 0. The van der Waals surface area contributed by atoms with Crippen molar-refractivity contribution in [1.29, 1.82) is 0 Å². The molecule has 2 saturated heterocycles. The second kappa shape index (κ2) is 12.3. The fourth-order valence-electron chi connectivity index (χ4n) is 7.68. The molecule has 10 nitrogen and oxygen atoms in total. The molecule has 10 heteroatoms. The van der Waals surface area contributed by atoms with Crippen molar-refractivity contribution in [2.24, 2.45) is 21.7 Å². The van der Waals surface area contributed by atoms with Crippen molar-refractivity contribution in [3.05, 3.63) is 0 Å². The average molecular weight is 567 g/mol.